The highest BCUT2D eigenvalue weighted by Gasteiger charge is 2.27. The topological polar surface area (TPSA) is 12.0 Å². The van der Waals surface area contributed by atoms with Gasteiger partial charge < -0.3 is 5.32 Å². The van der Waals surface area contributed by atoms with Crippen molar-refractivity contribution in [3.8, 4) is 0 Å². The minimum absolute atomic E-state index is 0.426. The summed E-state index contributed by atoms with van der Waals surface area (Å²) in [7, 11) is 0. The number of hydrogen-bond donors (Lipinski definition) is 1. The standard InChI is InChI=1S/C24H21N/c1-3-11-19-17(7-1)9-5-13-21(19)23-15-16-24(25-23)22-14-6-10-18-8-2-4-12-20(18)22/h1-14,23-25H,15-16H2/t23-,24-/m1/s1. The Bertz CT molecular complexity index is 954. The monoisotopic (exact) mass is 323 g/mol. The lowest BCUT2D eigenvalue weighted by Crippen LogP contribution is -2.18. The molecule has 2 atom stereocenters. The van der Waals surface area contributed by atoms with Crippen LogP contribution in [0.2, 0.25) is 0 Å². The van der Waals surface area contributed by atoms with Gasteiger partial charge in [0.05, 0.1) is 0 Å². The van der Waals surface area contributed by atoms with Crippen LogP contribution in [0.1, 0.15) is 36.1 Å². The highest BCUT2D eigenvalue weighted by molar-refractivity contribution is 5.87. The summed E-state index contributed by atoms with van der Waals surface area (Å²) >= 11 is 0. The van der Waals surface area contributed by atoms with Gasteiger partial charge in [-0.2, -0.15) is 0 Å². The Balaban J connectivity index is 1.52. The van der Waals surface area contributed by atoms with Gasteiger partial charge in [-0.05, 0) is 45.5 Å². The molecule has 0 aromatic heterocycles. The maximum Gasteiger partial charge on any atom is 0.0332 e. The van der Waals surface area contributed by atoms with Crippen molar-refractivity contribution < 1.29 is 0 Å². The molecule has 0 aliphatic carbocycles. The molecular weight excluding hydrogens is 302 g/mol. The van der Waals surface area contributed by atoms with E-state index in [1.54, 1.807) is 0 Å². The second-order valence-electron chi connectivity index (χ2n) is 6.99. The maximum absolute atomic E-state index is 3.91. The Labute approximate surface area is 148 Å². The number of nitrogens with one attached hydrogen (secondary N) is 1. The normalized spacial score (nSPS) is 20.3. The minimum atomic E-state index is 0.426. The Kier molecular flexibility index (Phi) is 3.53. The molecule has 5 rings (SSSR count). The zero-order valence-electron chi connectivity index (χ0n) is 14.2. The molecule has 1 saturated heterocycles. The average molecular weight is 323 g/mol. The van der Waals surface area contributed by atoms with Gasteiger partial charge in [-0.3, -0.25) is 0 Å². The zero-order valence-corrected chi connectivity index (χ0v) is 14.2. The smallest absolute Gasteiger partial charge is 0.0332 e. The molecule has 1 N–H and O–H groups in total. The first-order chi connectivity index (χ1) is 12.4. The Morgan fingerprint density at radius 2 is 0.960 bits per heavy atom. The molecule has 0 amide bonds. The molecule has 4 aromatic carbocycles. The largest absolute Gasteiger partial charge is 0.303 e. The molecule has 1 fully saturated rings. The van der Waals surface area contributed by atoms with E-state index in [9.17, 15) is 0 Å². The quantitative estimate of drug-likeness (QED) is 0.466. The molecule has 0 radical (unpaired) electrons. The summed E-state index contributed by atoms with van der Waals surface area (Å²) in [6.07, 6.45) is 2.36. The fourth-order valence-corrected chi connectivity index (χ4v) is 4.34. The van der Waals surface area contributed by atoms with E-state index in [-0.39, 0.29) is 0 Å². The third kappa shape index (κ3) is 2.52. The van der Waals surface area contributed by atoms with Gasteiger partial charge >= 0.3 is 0 Å². The van der Waals surface area contributed by atoms with Crippen molar-refractivity contribution in [2.75, 3.05) is 0 Å². The lowest BCUT2D eigenvalue weighted by molar-refractivity contribution is 0.580. The van der Waals surface area contributed by atoms with Crippen LogP contribution < -0.4 is 5.32 Å². The van der Waals surface area contributed by atoms with E-state index >= 15 is 0 Å². The average Bonchev–Trinajstić information content (AvgIpc) is 3.17. The summed E-state index contributed by atoms with van der Waals surface area (Å²) in [6, 6.07) is 31.6. The molecular formula is C24H21N. The number of rotatable bonds is 2. The lowest BCUT2D eigenvalue weighted by atomic mass is 9.97. The van der Waals surface area contributed by atoms with Gasteiger partial charge in [-0.25, -0.2) is 0 Å². The summed E-state index contributed by atoms with van der Waals surface area (Å²) in [4.78, 5) is 0. The van der Waals surface area contributed by atoms with E-state index in [1.807, 2.05) is 0 Å². The van der Waals surface area contributed by atoms with E-state index in [0.717, 1.165) is 0 Å². The molecule has 1 nitrogen and oxygen atoms in total. The first-order valence-corrected chi connectivity index (χ1v) is 9.11. The first kappa shape index (κ1) is 14.7. The van der Waals surface area contributed by atoms with Crippen LogP contribution in [0.3, 0.4) is 0 Å². The Hall–Kier alpha value is -2.64. The van der Waals surface area contributed by atoms with Gasteiger partial charge in [-0.1, -0.05) is 84.9 Å². The van der Waals surface area contributed by atoms with Crippen LogP contribution in [0.5, 0.6) is 0 Å². The van der Waals surface area contributed by atoms with Crippen molar-refractivity contribution in [2.45, 2.75) is 24.9 Å². The number of fused-ring (bicyclic) bond motifs is 2. The van der Waals surface area contributed by atoms with Gasteiger partial charge in [0.25, 0.3) is 0 Å². The fraction of sp³-hybridized carbons (Fsp3) is 0.167. The van der Waals surface area contributed by atoms with Crippen LogP contribution in [-0.2, 0) is 0 Å². The van der Waals surface area contributed by atoms with Gasteiger partial charge in [0.15, 0.2) is 0 Å². The van der Waals surface area contributed by atoms with E-state index in [2.05, 4.69) is 90.2 Å². The Morgan fingerprint density at radius 3 is 1.48 bits per heavy atom. The summed E-state index contributed by atoms with van der Waals surface area (Å²) in [5.74, 6) is 0. The molecule has 25 heavy (non-hydrogen) atoms. The van der Waals surface area contributed by atoms with Crippen LogP contribution in [0.4, 0.5) is 0 Å². The third-order valence-electron chi connectivity index (χ3n) is 5.54. The van der Waals surface area contributed by atoms with Crippen molar-refractivity contribution in [2.24, 2.45) is 0 Å². The van der Waals surface area contributed by atoms with Crippen molar-refractivity contribution in [1.82, 2.24) is 5.32 Å². The summed E-state index contributed by atoms with van der Waals surface area (Å²) in [5, 5.41) is 9.32. The van der Waals surface area contributed by atoms with Crippen molar-refractivity contribution >= 4 is 21.5 Å². The van der Waals surface area contributed by atoms with Crippen LogP contribution >= 0.6 is 0 Å². The zero-order chi connectivity index (χ0) is 16.6. The van der Waals surface area contributed by atoms with E-state index in [1.165, 1.54) is 45.5 Å². The minimum Gasteiger partial charge on any atom is -0.303 e. The highest BCUT2D eigenvalue weighted by atomic mass is 15.0. The lowest BCUT2D eigenvalue weighted by Gasteiger charge is -2.18. The molecule has 1 heteroatoms. The first-order valence-electron chi connectivity index (χ1n) is 9.11. The van der Waals surface area contributed by atoms with Crippen LogP contribution in [0.15, 0.2) is 84.9 Å². The molecule has 4 aromatic rings. The SMILES string of the molecule is c1ccc2c([C@H]3CC[C@H](c4cccc5ccccc45)N3)cccc2c1. The van der Waals surface area contributed by atoms with Crippen molar-refractivity contribution in [1.29, 1.82) is 0 Å². The predicted molar refractivity (Wildman–Crippen MR) is 106 cm³/mol. The van der Waals surface area contributed by atoms with Gasteiger partial charge in [0.2, 0.25) is 0 Å². The van der Waals surface area contributed by atoms with Crippen molar-refractivity contribution in [3.05, 3.63) is 96.1 Å². The number of hydrogen-bond acceptors (Lipinski definition) is 1. The fourth-order valence-electron chi connectivity index (χ4n) is 4.34. The second kappa shape index (κ2) is 6.02. The van der Waals surface area contributed by atoms with E-state index < -0.39 is 0 Å². The molecule has 0 unspecified atom stereocenters. The molecule has 1 aliphatic heterocycles. The van der Waals surface area contributed by atoms with Crippen LogP contribution in [0, 0.1) is 0 Å². The second-order valence-corrected chi connectivity index (χ2v) is 6.99. The molecule has 0 saturated carbocycles. The summed E-state index contributed by atoms with van der Waals surface area (Å²) < 4.78 is 0. The molecule has 122 valence electrons. The molecule has 1 aliphatic rings. The molecule has 0 spiro atoms. The third-order valence-corrected chi connectivity index (χ3v) is 5.54. The Morgan fingerprint density at radius 1 is 0.520 bits per heavy atom. The highest BCUT2D eigenvalue weighted by Crippen LogP contribution is 2.39. The molecule has 1 heterocycles. The number of benzene rings is 4. The van der Waals surface area contributed by atoms with Gasteiger partial charge in [0.1, 0.15) is 0 Å². The summed E-state index contributed by atoms with van der Waals surface area (Å²) in [5.41, 5.74) is 2.86. The van der Waals surface area contributed by atoms with E-state index in [0.29, 0.717) is 12.1 Å². The van der Waals surface area contributed by atoms with Crippen LogP contribution in [-0.4, -0.2) is 0 Å². The predicted octanol–water partition coefficient (Wildman–Crippen LogP) is 6.16. The van der Waals surface area contributed by atoms with Gasteiger partial charge in [-0.15, -0.1) is 0 Å². The summed E-state index contributed by atoms with van der Waals surface area (Å²) in [6.45, 7) is 0. The van der Waals surface area contributed by atoms with Crippen molar-refractivity contribution in [3.63, 3.8) is 0 Å². The van der Waals surface area contributed by atoms with E-state index in [4.69, 9.17) is 0 Å². The maximum atomic E-state index is 3.91. The van der Waals surface area contributed by atoms with Gasteiger partial charge in [0, 0.05) is 12.1 Å². The van der Waals surface area contributed by atoms with Crippen LogP contribution in [0.25, 0.3) is 21.5 Å². The molecule has 0 bridgehead atoms.